The zero-order valence-corrected chi connectivity index (χ0v) is 17.0. The maximum atomic E-state index is 12.0. The smallest absolute Gasteiger partial charge is 0.147 e. The molecule has 0 radical (unpaired) electrons. The second-order valence-corrected chi connectivity index (χ2v) is 10.5. The fourth-order valence-corrected chi connectivity index (χ4v) is 8.00. The third kappa shape index (κ3) is 2.37. The first kappa shape index (κ1) is 17.6. The number of rotatable bonds is 2. The Labute approximate surface area is 162 Å². The predicted octanol–water partition coefficient (Wildman–Crippen LogP) is 4.98. The summed E-state index contributed by atoms with van der Waals surface area (Å²) < 4.78 is 1.89. The van der Waals surface area contributed by atoms with E-state index in [1.807, 2.05) is 10.9 Å². The topological polar surface area (TPSA) is 47.8 Å². The minimum Gasteiger partial charge on any atom is -0.298 e. The Morgan fingerprint density at radius 2 is 2.00 bits per heavy atom. The lowest BCUT2D eigenvalue weighted by Gasteiger charge is -2.60. The van der Waals surface area contributed by atoms with E-state index in [9.17, 15) is 4.79 Å². The molecular weight excluding hydrogens is 334 g/mol. The summed E-state index contributed by atoms with van der Waals surface area (Å²) in [4.78, 5) is 12.0. The number of aromatic nitrogens is 3. The summed E-state index contributed by atoms with van der Waals surface area (Å²) in [5, 5.41) is 8.29. The van der Waals surface area contributed by atoms with Gasteiger partial charge in [0.25, 0.3) is 0 Å². The van der Waals surface area contributed by atoms with Crippen molar-refractivity contribution in [2.75, 3.05) is 0 Å². The molecule has 1 aromatic rings. The normalized spacial score (nSPS) is 46.6. The average Bonchev–Trinajstić information content (AvgIpc) is 3.26. The van der Waals surface area contributed by atoms with Gasteiger partial charge in [0.05, 0.1) is 18.1 Å². The van der Waals surface area contributed by atoms with Crippen molar-refractivity contribution in [2.24, 2.45) is 40.4 Å². The molecule has 0 aromatic carbocycles. The molecule has 0 aliphatic heterocycles. The summed E-state index contributed by atoms with van der Waals surface area (Å²) in [7, 11) is 0. The van der Waals surface area contributed by atoms with Crippen LogP contribution in [-0.2, 0) is 4.79 Å². The van der Waals surface area contributed by atoms with E-state index in [1.54, 1.807) is 6.20 Å². The van der Waals surface area contributed by atoms with Crippen LogP contribution >= 0.6 is 0 Å². The van der Waals surface area contributed by atoms with Crippen molar-refractivity contribution in [2.45, 2.75) is 72.1 Å². The van der Waals surface area contributed by atoms with Crippen molar-refractivity contribution < 1.29 is 4.79 Å². The van der Waals surface area contributed by atoms with E-state index in [2.05, 4.69) is 31.1 Å². The molecule has 5 rings (SSSR count). The second-order valence-electron chi connectivity index (χ2n) is 10.5. The highest BCUT2D eigenvalue weighted by atomic mass is 16.1. The minimum atomic E-state index is 0.0657. The molecule has 0 N–H and O–H groups in total. The largest absolute Gasteiger partial charge is 0.298 e. The van der Waals surface area contributed by atoms with Gasteiger partial charge in [-0.3, -0.25) is 4.79 Å². The fraction of sp³-hybridized carbons (Fsp3) is 0.783. The van der Waals surface area contributed by atoms with Gasteiger partial charge < -0.3 is 0 Å². The van der Waals surface area contributed by atoms with Crippen LogP contribution in [0.25, 0.3) is 5.70 Å². The molecule has 1 aromatic heterocycles. The van der Waals surface area contributed by atoms with Crippen molar-refractivity contribution >= 4 is 12.0 Å². The molecule has 4 aliphatic carbocycles. The third-order valence-corrected chi connectivity index (χ3v) is 9.40. The quantitative estimate of drug-likeness (QED) is 0.693. The molecule has 3 saturated carbocycles. The second kappa shape index (κ2) is 6.02. The number of nitrogens with zero attached hydrogens (tertiary/aromatic N) is 3. The molecule has 0 spiro atoms. The molecule has 4 aliphatic rings. The zero-order valence-electron chi connectivity index (χ0n) is 17.0. The van der Waals surface area contributed by atoms with E-state index in [0.717, 1.165) is 47.6 Å². The Hall–Kier alpha value is -1.45. The molecule has 7 atom stereocenters. The molecule has 4 nitrogen and oxygen atoms in total. The lowest BCUT2D eigenvalue weighted by atomic mass is 9.44. The number of fused-ring (bicyclic) bond motifs is 5. The fourth-order valence-electron chi connectivity index (χ4n) is 8.00. The monoisotopic (exact) mass is 367 g/mol. The van der Waals surface area contributed by atoms with E-state index >= 15 is 0 Å². The van der Waals surface area contributed by atoms with E-state index in [1.165, 1.54) is 44.9 Å². The van der Waals surface area contributed by atoms with Crippen LogP contribution in [0.5, 0.6) is 0 Å². The van der Waals surface area contributed by atoms with Crippen LogP contribution in [0.3, 0.4) is 0 Å². The summed E-state index contributed by atoms with van der Waals surface area (Å²) in [6.45, 7) is 7.47. The van der Waals surface area contributed by atoms with E-state index in [0.29, 0.717) is 11.3 Å². The summed E-state index contributed by atoms with van der Waals surface area (Å²) in [5.41, 5.74) is 2.70. The molecule has 4 heteroatoms. The summed E-state index contributed by atoms with van der Waals surface area (Å²) >= 11 is 0. The van der Waals surface area contributed by atoms with Gasteiger partial charge in [-0.1, -0.05) is 32.4 Å². The third-order valence-electron chi connectivity index (χ3n) is 9.40. The highest BCUT2D eigenvalue weighted by Gasteiger charge is 2.60. The maximum Gasteiger partial charge on any atom is 0.147 e. The van der Waals surface area contributed by atoms with Gasteiger partial charge in [-0.2, -0.15) is 0 Å². The number of carbonyl (C=O) groups excluding carboxylic acids is 1. The van der Waals surface area contributed by atoms with Crippen LogP contribution in [0.4, 0.5) is 0 Å². The van der Waals surface area contributed by atoms with Crippen LogP contribution in [-0.4, -0.2) is 21.3 Å². The summed E-state index contributed by atoms with van der Waals surface area (Å²) in [5.74, 6) is 4.01. The number of hydrogen-bond donors (Lipinski definition) is 0. The van der Waals surface area contributed by atoms with Crippen molar-refractivity contribution in [1.82, 2.24) is 15.0 Å². The van der Waals surface area contributed by atoms with Crippen LogP contribution in [0.1, 0.15) is 72.1 Å². The van der Waals surface area contributed by atoms with Crippen molar-refractivity contribution in [3.8, 4) is 0 Å². The molecule has 27 heavy (non-hydrogen) atoms. The summed E-state index contributed by atoms with van der Waals surface area (Å²) in [6.07, 6.45) is 15.2. The predicted molar refractivity (Wildman–Crippen MR) is 106 cm³/mol. The van der Waals surface area contributed by atoms with Crippen LogP contribution < -0.4 is 0 Å². The molecule has 1 heterocycles. The summed E-state index contributed by atoms with van der Waals surface area (Å²) in [6, 6.07) is 0. The van der Waals surface area contributed by atoms with E-state index < -0.39 is 0 Å². The van der Waals surface area contributed by atoms with Crippen molar-refractivity contribution in [1.29, 1.82) is 0 Å². The van der Waals surface area contributed by atoms with Crippen LogP contribution in [0.2, 0.25) is 0 Å². The Bertz CT molecular complexity index is 769. The van der Waals surface area contributed by atoms with Gasteiger partial charge >= 0.3 is 0 Å². The highest BCUT2D eigenvalue weighted by Crippen LogP contribution is 2.67. The zero-order chi connectivity index (χ0) is 18.8. The average molecular weight is 368 g/mol. The molecule has 0 unspecified atom stereocenters. The molecule has 0 saturated heterocycles. The number of allylic oxidation sites excluding steroid dienone is 2. The SMILES string of the molecule is C[C@H]1CC[C@@]2(C)[C@@H](CC[C@@H]3[C@@H]2CC[C@]2(C)C(n4ccnn4)=C(C=O)C[C@@H]32)C1. The Kier molecular flexibility index (Phi) is 3.93. The first-order valence-electron chi connectivity index (χ1n) is 11.0. The van der Waals surface area contributed by atoms with Gasteiger partial charge in [0, 0.05) is 11.0 Å². The Morgan fingerprint density at radius 3 is 2.74 bits per heavy atom. The van der Waals surface area contributed by atoms with Gasteiger partial charge in [0.1, 0.15) is 6.29 Å². The molecular formula is C23H33N3O. The Balaban J connectivity index is 1.50. The minimum absolute atomic E-state index is 0.0657. The van der Waals surface area contributed by atoms with Crippen LogP contribution in [0, 0.1) is 40.4 Å². The van der Waals surface area contributed by atoms with E-state index in [-0.39, 0.29) is 5.41 Å². The molecule has 0 bridgehead atoms. The molecule has 146 valence electrons. The van der Waals surface area contributed by atoms with Gasteiger partial charge in [-0.05, 0) is 80.0 Å². The standard InChI is InChI=1S/C23H33N3O/c1-15-6-8-22(2)17(12-15)4-5-18-19(22)7-9-23(3)20(18)13-16(14-27)21(23)26-11-10-24-25-26/h10-11,14-15,17-20H,4-9,12-13H2,1-3H3/t15-,17-,18+,19-,20-,22-,23-/m0/s1. The molecule has 0 amide bonds. The van der Waals surface area contributed by atoms with E-state index in [4.69, 9.17) is 0 Å². The van der Waals surface area contributed by atoms with Crippen molar-refractivity contribution in [3.63, 3.8) is 0 Å². The van der Waals surface area contributed by atoms with Gasteiger partial charge in [-0.25, -0.2) is 4.68 Å². The van der Waals surface area contributed by atoms with Crippen LogP contribution in [0.15, 0.2) is 18.0 Å². The van der Waals surface area contributed by atoms with Crippen molar-refractivity contribution in [3.05, 3.63) is 18.0 Å². The lowest BCUT2D eigenvalue weighted by molar-refractivity contribution is -0.107. The number of carbonyl (C=O) groups is 1. The number of hydrogen-bond acceptors (Lipinski definition) is 3. The highest BCUT2D eigenvalue weighted by molar-refractivity contribution is 5.86. The number of aldehydes is 1. The molecule has 3 fully saturated rings. The van der Waals surface area contributed by atoms with Gasteiger partial charge in [0.15, 0.2) is 0 Å². The first-order valence-corrected chi connectivity index (χ1v) is 11.0. The lowest BCUT2D eigenvalue weighted by Crippen LogP contribution is -2.53. The maximum absolute atomic E-state index is 12.0. The Morgan fingerprint density at radius 1 is 1.15 bits per heavy atom. The van der Waals surface area contributed by atoms with Gasteiger partial charge in [-0.15, -0.1) is 5.10 Å². The van der Waals surface area contributed by atoms with Gasteiger partial charge in [0.2, 0.25) is 0 Å². The first-order chi connectivity index (χ1) is 13.0.